The van der Waals surface area contributed by atoms with Crippen molar-refractivity contribution >= 4 is 33.2 Å². The first-order valence-electron chi connectivity index (χ1n) is 10.8. The molecule has 1 amide bonds. The van der Waals surface area contributed by atoms with Crippen molar-refractivity contribution < 1.29 is 17.6 Å². The van der Waals surface area contributed by atoms with Crippen molar-refractivity contribution in [1.29, 1.82) is 0 Å². The number of nitrogens with one attached hydrogen (secondary N) is 1. The predicted molar refractivity (Wildman–Crippen MR) is 119 cm³/mol. The van der Waals surface area contributed by atoms with Gasteiger partial charge in [0.15, 0.2) is 0 Å². The molecule has 0 bridgehead atoms. The van der Waals surface area contributed by atoms with Crippen molar-refractivity contribution in [2.75, 3.05) is 25.0 Å². The number of sulfonamides is 1. The molecule has 1 N–H and O–H groups in total. The molecule has 0 atom stereocenters. The Bertz CT molecular complexity index is 998. The summed E-state index contributed by atoms with van der Waals surface area (Å²) in [6, 6.07) is 8.59. The lowest BCUT2D eigenvalue weighted by molar-refractivity contribution is -0.117. The van der Waals surface area contributed by atoms with E-state index in [1.54, 1.807) is 6.26 Å². The highest BCUT2D eigenvalue weighted by Crippen LogP contribution is 2.30. The number of carbonyl (C=O) groups excluding carboxylic acids is 1. The van der Waals surface area contributed by atoms with Crippen LogP contribution in [0.15, 0.2) is 45.9 Å². The van der Waals surface area contributed by atoms with Gasteiger partial charge < -0.3 is 9.73 Å². The number of furan rings is 1. The molecule has 4 rings (SSSR count). The first-order chi connectivity index (χ1) is 14.9. The van der Waals surface area contributed by atoms with E-state index in [9.17, 15) is 13.2 Å². The van der Waals surface area contributed by atoms with Gasteiger partial charge in [0, 0.05) is 19.1 Å². The van der Waals surface area contributed by atoms with Crippen LogP contribution in [0.1, 0.15) is 44.3 Å². The maximum atomic E-state index is 13.1. The van der Waals surface area contributed by atoms with Gasteiger partial charge in [0.05, 0.1) is 35.0 Å². The Balaban J connectivity index is 1.46. The summed E-state index contributed by atoms with van der Waals surface area (Å²) >= 11 is 6.28. The van der Waals surface area contributed by atoms with E-state index < -0.39 is 10.0 Å². The fraction of sp³-hybridized carbons (Fsp3) is 0.500. The first kappa shape index (κ1) is 22.3. The van der Waals surface area contributed by atoms with Crippen LogP contribution in [0.4, 0.5) is 5.69 Å². The topological polar surface area (TPSA) is 82.9 Å². The smallest absolute Gasteiger partial charge is 0.243 e. The zero-order chi connectivity index (χ0) is 21.8. The molecule has 1 saturated carbocycles. The third-order valence-electron chi connectivity index (χ3n) is 5.76. The molecule has 31 heavy (non-hydrogen) atoms. The lowest BCUT2D eigenvalue weighted by atomic mass is 10.2. The molecule has 7 nitrogen and oxygen atoms in total. The Morgan fingerprint density at radius 1 is 1.16 bits per heavy atom. The third-order valence-corrected chi connectivity index (χ3v) is 7.99. The quantitative estimate of drug-likeness (QED) is 0.634. The van der Waals surface area contributed by atoms with E-state index in [1.165, 1.54) is 22.5 Å². The summed E-state index contributed by atoms with van der Waals surface area (Å²) in [6.07, 6.45) is 7.55. The van der Waals surface area contributed by atoms with Gasteiger partial charge in [-0.2, -0.15) is 4.31 Å². The molecule has 2 aromatic rings. The molecule has 9 heteroatoms. The molecule has 1 aromatic heterocycles. The van der Waals surface area contributed by atoms with E-state index in [0.29, 0.717) is 36.4 Å². The fourth-order valence-electron chi connectivity index (χ4n) is 3.92. The monoisotopic (exact) mass is 465 g/mol. The molecule has 1 saturated heterocycles. The number of anilines is 1. The minimum atomic E-state index is -3.62. The fourth-order valence-corrected chi connectivity index (χ4v) is 5.63. The summed E-state index contributed by atoms with van der Waals surface area (Å²) in [5.41, 5.74) is 0.316. The van der Waals surface area contributed by atoms with Gasteiger partial charge in [-0.1, -0.05) is 24.4 Å². The van der Waals surface area contributed by atoms with Gasteiger partial charge in [-0.25, -0.2) is 8.42 Å². The molecule has 0 unspecified atom stereocenters. The summed E-state index contributed by atoms with van der Waals surface area (Å²) in [5.74, 6) is 0.577. The van der Waals surface area contributed by atoms with Crippen LogP contribution in [0, 0.1) is 0 Å². The average Bonchev–Trinajstić information content (AvgIpc) is 3.52. The number of rotatable bonds is 8. The summed E-state index contributed by atoms with van der Waals surface area (Å²) in [5, 5.41) is 3.12. The third kappa shape index (κ3) is 5.68. The van der Waals surface area contributed by atoms with Gasteiger partial charge in [0.1, 0.15) is 5.76 Å². The van der Waals surface area contributed by atoms with Crippen molar-refractivity contribution in [2.45, 2.75) is 56.0 Å². The van der Waals surface area contributed by atoms with Crippen molar-refractivity contribution in [1.82, 2.24) is 9.21 Å². The van der Waals surface area contributed by atoms with Gasteiger partial charge in [-0.3, -0.25) is 9.69 Å². The van der Waals surface area contributed by atoms with E-state index in [4.69, 9.17) is 16.0 Å². The molecular formula is C22H28ClN3O4S. The Hall–Kier alpha value is -1.87. The number of carbonyl (C=O) groups is 1. The zero-order valence-electron chi connectivity index (χ0n) is 17.4. The Morgan fingerprint density at radius 2 is 1.90 bits per heavy atom. The number of benzene rings is 1. The van der Waals surface area contributed by atoms with Gasteiger partial charge in [0.2, 0.25) is 15.9 Å². The van der Waals surface area contributed by atoms with Crippen LogP contribution in [0.3, 0.4) is 0 Å². The summed E-state index contributed by atoms with van der Waals surface area (Å²) < 4.78 is 33.1. The highest BCUT2D eigenvalue weighted by molar-refractivity contribution is 7.89. The van der Waals surface area contributed by atoms with Crippen LogP contribution < -0.4 is 5.32 Å². The van der Waals surface area contributed by atoms with Crippen molar-refractivity contribution in [3.8, 4) is 0 Å². The lowest BCUT2D eigenvalue weighted by Gasteiger charge is -2.22. The summed E-state index contributed by atoms with van der Waals surface area (Å²) in [6.45, 7) is 1.79. The molecule has 1 aliphatic carbocycles. The summed E-state index contributed by atoms with van der Waals surface area (Å²) in [4.78, 5) is 15.0. The van der Waals surface area contributed by atoms with Gasteiger partial charge in [-0.15, -0.1) is 0 Å². The standard InChI is InChI=1S/C22H28ClN3O4S/c23-20-10-9-19(31(28,29)26-11-3-1-2-4-12-26)14-21(20)24-22(27)16-25(17-7-8-17)15-18-6-5-13-30-18/h5-6,9-10,13-14,17H,1-4,7-8,11-12,15-16H2,(H,24,27). The molecule has 2 fully saturated rings. The minimum Gasteiger partial charge on any atom is -0.468 e. The van der Waals surface area contributed by atoms with Crippen LogP contribution in [0.2, 0.25) is 5.02 Å². The second kappa shape index (κ2) is 9.73. The minimum absolute atomic E-state index is 0.156. The van der Waals surface area contributed by atoms with Crippen LogP contribution in [0.5, 0.6) is 0 Å². The largest absolute Gasteiger partial charge is 0.468 e. The molecule has 2 aliphatic rings. The van der Waals surface area contributed by atoms with E-state index in [0.717, 1.165) is 44.3 Å². The van der Waals surface area contributed by atoms with Crippen LogP contribution >= 0.6 is 11.6 Å². The van der Waals surface area contributed by atoms with Gasteiger partial charge >= 0.3 is 0 Å². The second-order valence-electron chi connectivity index (χ2n) is 8.22. The average molecular weight is 466 g/mol. The lowest BCUT2D eigenvalue weighted by Crippen LogP contribution is -2.34. The van der Waals surface area contributed by atoms with Crippen LogP contribution in [-0.2, 0) is 21.4 Å². The number of nitrogens with zero attached hydrogens (tertiary/aromatic N) is 2. The molecule has 2 heterocycles. The van der Waals surface area contributed by atoms with Crippen molar-refractivity contribution in [3.05, 3.63) is 47.4 Å². The van der Waals surface area contributed by atoms with Crippen molar-refractivity contribution in [3.63, 3.8) is 0 Å². The molecular weight excluding hydrogens is 438 g/mol. The van der Waals surface area contributed by atoms with E-state index in [-0.39, 0.29) is 17.3 Å². The maximum absolute atomic E-state index is 13.1. The van der Waals surface area contributed by atoms with Crippen LogP contribution in [0.25, 0.3) is 0 Å². The maximum Gasteiger partial charge on any atom is 0.243 e. The van der Waals surface area contributed by atoms with E-state index in [1.807, 2.05) is 12.1 Å². The SMILES string of the molecule is O=C(CN(Cc1ccco1)C1CC1)Nc1cc(S(=O)(=O)N2CCCCCC2)ccc1Cl. The molecule has 168 valence electrons. The Morgan fingerprint density at radius 3 is 2.55 bits per heavy atom. The van der Waals surface area contributed by atoms with Gasteiger partial charge in [0.25, 0.3) is 0 Å². The highest BCUT2D eigenvalue weighted by Gasteiger charge is 2.31. The normalized spacial score (nSPS) is 18.1. The molecule has 0 radical (unpaired) electrons. The van der Waals surface area contributed by atoms with E-state index >= 15 is 0 Å². The van der Waals surface area contributed by atoms with Crippen LogP contribution in [-0.4, -0.2) is 49.2 Å². The number of halogens is 1. The second-order valence-corrected chi connectivity index (χ2v) is 10.6. The predicted octanol–water partition coefficient (Wildman–Crippen LogP) is 4.10. The summed E-state index contributed by atoms with van der Waals surface area (Å²) in [7, 11) is -3.62. The number of amides is 1. The molecule has 1 aliphatic heterocycles. The first-order valence-corrected chi connectivity index (χ1v) is 12.6. The van der Waals surface area contributed by atoms with E-state index in [2.05, 4.69) is 10.2 Å². The molecule has 0 spiro atoms. The zero-order valence-corrected chi connectivity index (χ0v) is 19.0. The molecule has 1 aromatic carbocycles. The van der Waals surface area contributed by atoms with Gasteiger partial charge in [-0.05, 0) is 56.0 Å². The van der Waals surface area contributed by atoms with Crippen molar-refractivity contribution in [2.24, 2.45) is 0 Å². The Labute approximate surface area is 188 Å². The number of hydrogen-bond donors (Lipinski definition) is 1. The highest BCUT2D eigenvalue weighted by atomic mass is 35.5. The Kier molecular flexibility index (Phi) is 7.01. The number of hydrogen-bond acceptors (Lipinski definition) is 5.